The maximum Gasteiger partial charge on any atom is 0.310 e. The van der Waals surface area contributed by atoms with Crippen LogP contribution in [0.15, 0.2) is 73.8 Å². The molecule has 0 unspecified atom stereocenters. The van der Waals surface area contributed by atoms with Crippen LogP contribution in [0.4, 0.5) is 0 Å². The predicted molar refractivity (Wildman–Crippen MR) is 257 cm³/mol. The molecular formula is C56H82O8. The lowest BCUT2D eigenvalue weighted by Gasteiger charge is -2.49. The molecule has 0 amide bonds. The minimum atomic E-state index is -0.647. The highest BCUT2D eigenvalue weighted by Crippen LogP contribution is 2.58. The summed E-state index contributed by atoms with van der Waals surface area (Å²) in [7, 11) is 0. The fourth-order valence-electron chi connectivity index (χ4n) is 9.37. The van der Waals surface area contributed by atoms with Gasteiger partial charge in [-0.2, -0.15) is 0 Å². The van der Waals surface area contributed by atoms with Gasteiger partial charge < -0.3 is 18.9 Å². The molecule has 0 bridgehead atoms. The zero-order valence-corrected chi connectivity index (χ0v) is 39.4. The van der Waals surface area contributed by atoms with Crippen molar-refractivity contribution in [1.29, 1.82) is 0 Å². The maximum absolute atomic E-state index is 14.2. The lowest BCUT2D eigenvalue weighted by atomic mass is 9.52. The molecule has 4 atom stereocenters. The fraction of sp³-hybridized carbons (Fsp3) is 0.643. The molecule has 8 nitrogen and oxygen atoms in total. The van der Waals surface area contributed by atoms with Gasteiger partial charge in [-0.15, -0.1) is 13.2 Å². The molecule has 0 N–H and O–H groups in total. The van der Waals surface area contributed by atoms with E-state index in [4.69, 9.17) is 18.9 Å². The lowest BCUT2D eigenvalue weighted by Crippen LogP contribution is -2.52. The van der Waals surface area contributed by atoms with Gasteiger partial charge in [0.1, 0.15) is 0 Å². The Bertz CT molecular complexity index is 1510. The van der Waals surface area contributed by atoms with Gasteiger partial charge in [-0.05, 0) is 86.5 Å². The van der Waals surface area contributed by atoms with Crippen molar-refractivity contribution in [3.8, 4) is 0 Å². The quantitative estimate of drug-likeness (QED) is 0.0631. The van der Waals surface area contributed by atoms with Crippen LogP contribution < -0.4 is 0 Å². The Hall–Kier alpha value is -4.20. The Morgan fingerprint density at radius 3 is 1.09 bits per heavy atom. The van der Waals surface area contributed by atoms with Crippen molar-refractivity contribution in [3.05, 3.63) is 96.1 Å². The van der Waals surface area contributed by atoms with E-state index in [1.54, 1.807) is 12.2 Å². The Balaban J connectivity index is 1.47. The van der Waals surface area contributed by atoms with Crippen LogP contribution in [0.25, 0.3) is 0 Å². The summed E-state index contributed by atoms with van der Waals surface area (Å²) in [5.41, 5.74) is 4.38. The molecule has 354 valence electrons. The Kier molecular flexibility index (Phi) is 26.6. The molecule has 2 aromatic carbocycles. The van der Waals surface area contributed by atoms with Crippen LogP contribution in [-0.2, 0) is 51.0 Å². The van der Waals surface area contributed by atoms with Gasteiger partial charge in [-0.3, -0.25) is 19.2 Å². The average molecular weight is 883 g/mol. The molecule has 2 fully saturated rings. The molecule has 1 aliphatic heterocycles. The number of fused-ring (bicyclic) bond motifs is 1. The highest BCUT2D eigenvalue weighted by Gasteiger charge is 2.59. The molecule has 1 saturated carbocycles. The molecule has 1 aliphatic carbocycles. The normalized spacial score (nSPS) is 21.5. The number of ether oxygens (including phenoxy) is 4. The number of cyclic esters (lactones) is 2. The molecule has 64 heavy (non-hydrogen) atoms. The number of unbranched alkanes of at least 4 members (excludes halogenated alkanes) is 2. The van der Waals surface area contributed by atoms with Crippen LogP contribution in [0.5, 0.6) is 0 Å². The monoisotopic (exact) mass is 883 g/mol. The smallest absolute Gasteiger partial charge is 0.310 e. The van der Waals surface area contributed by atoms with E-state index in [9.17, 15) is 19.2 Å². The van der Waals surface area contributed by atoms with Gasteiger partial charge in [0.15, 0.2) is 0 Å². The second-order valence-corrected chi connectivity index (χ2v) is 18.3. The van der Waals surface area contributed by atoms with Crippen molar-refractivity contribution in [2.75, 3.05) is 26.4 Å². The third kappa shape index (κ3) is 19.9. The Labute approximate surface area is 386 Å². The maximum atomic E-state index is 14.2. The zero-order chi connectivity index (χ0) is 45.5. The van der Waals surface area contributed by atoms with Crippen molar-refractivity contribution in [1.82, 2.24) is 0 Å². The third-order valence-corrected chi connectivity index (χ3v) is 13.2. The number of hydrogen-bond donors (Lipinski definition) is 0. The van der Waals surface area contributed by atoms with E-state index in [-0.39, 0.29) is 35.7 Å². The second kappa shape index (κ2) is 32.5. The molecule has 4 rings (SSSR count). The molecule has 0 aromatic heterocycles. The van der Waals surface area contributed by atoms with E-state index in [0.29, 0.717) is 52.1 Å². The van der Waals surface area contributed by atoms with Crippen LogP contribution in [-0.4, -0.2) is 50.3 Å². The Morgan fingerprint density at radius 2 is 0.781 bits per heavy atom. The molecular weight excluding hydrogens is 801 g/mol. The van der Waals surface area contributed by atoms with Gasteiger partial charge >= 0.3 is 23.9 Å². The first-order valence-electron chi connectivity index (χ1n) is 25.5. The molecule has 2 aromatic rings. The molecule has 2 aliphatic rings. The Morgan fingerprint density at radius 1 is 0.469 bits per heavy atom. The minimum absolute atomic E-state index is 0.188. The van der Waals surface area contributed by atoms with Crippen LogP contribution in [0.3, 0.4) is 0 Å². The topological polar surface area (TPSA) is 105 Å². The third-order valence-electron chi connectivity index (χ3n) is 13.2. The van der Waals surface area contributed by atoms with Gasteiger partial charge in [-0.1, -0.05) is 163 Å². The summed E-state index contributed by atoms with van der Waals surface area (Å²) in [4.78, 5) is 52.2. The average Bonchev–Trinajstić information content (AvgIpc) is 3.29. The molecule has 1 heterocycles. The SMILES string of the molecule is C=CCCC(=O)OCCCCc1ccc([C@@H]2[C@H]3C(=O)OCCCCCCCCCCCCCCCCCCCCOC(=O)[C@H]3[C@@H]2c2ccc(CCCCOC(=O)CCC=C)cc2)cc1. The van der Waals surface area contributed by atoms with E-state index < -0.39 is 11.8 Å². The number of carbonyl (C=O) groups is 4. The summed E-state index contributed by atoms with van der Waals surface area (Å²) in [6.07, 6.45) is 32.2. The number of benzene rings is 2. The first-order chi connectivity index (χ1) is 31.4. The van der Waals surface area contributed by atoms with Crippen LogP contribution in [0.1, 0.15) is 201 Å². The van der Waals surface area contributed by atoms with Gasteiger partial charge in [-0.25, -0.2) is 0 Å². The summed E-state index contributed by atoms with van der Waals surface area (Å²) < 4.78 is 22.8. The fourth-order valence-corrected chi connectivity index (χ4v) is 9.37. The number of allylic oxidation sites excluding steroid dienone is 2. The predicted octanol–water partition coefficient (Wildman–Crippen LogP) is 13.6. The highest BCUT2D eigenvalue weighted by molar-refractivity contribution is 5.87. The van der Waals surface area contributed by atoms with Crippen LogP contribution in [0.2, 0.25) is 0 Å². The van der Waals surface area contributed by atoms with Crippen molar-refractivity contribution < 1.29 is 38.1 Å². The minimum Gasteiger partial charge on any atom is -0.466 e. The van der Waals surface area contributed by atoms with E-state index in [1.165, 1.54) is 88.2 Å². The van der Waals surface area contributed by atoms with Crippen molar-refractivity contribution in [3.63, 3.8) is 0 Å². The lowest BCUT2D eigenvalue weighted by molar-refractivity contribution is -0.172. The molecule has 0 spiro atoms. The van der Waals surface area contributed by atoms with E-state index in [0.717, 1.165) is 88.2 Å². The van der Waals surface area contributed by atoms with E-state index >= 15 is 0 Å². The number of hydrogen-bond acceptors (Lipinski definition) is 8. The zero-order valence-electron chi connectivity index (χ0n) is 39.4. The summed E-state index contributed by atoms with van der Waals surface area (Å²) in [5, 5.41) is 0. The van der Waals surface area contributed by atoms with Gasteiger partial charge in [0.2, 0.25) is 0 Å². The van der Waals surface area contributed by atoms with Crippen LogP contribution >= 0.6 is 0 Å². The standard InChI is InChI=1S/C56H82O8/c1-3-5-31-49(57)61-41-27-23-29-45-33-37-47(38-34-45)51-52(48-39-35-46(36-40-48)30-24-28-42-62-50(58)32-6-4-2)54-53(51)55(59)63-43-25-21-19-17-15-13-11-9-7-8-10-12-14-16-18-20-22-26-44-64-56(54)60/h3-4,33-40,51-54H,1-2,5-32,41-44H2/t51-,52+,53+,54-. The second-order valence-electron chi connectivity index (χ2n) is 18.3. The molecule has 8 heteroatoms. The molecule has 1 saturated heterocycles. The first kappa shape index (κ1) is 52.4. The van der Waals surface area contributed by atoms with Crippen LogP contribution in [0, 0.1) is 11.8 Å². The highest BCUT2D eigenvalue weighted by atomic mass is 16.5. The van der Waals surface area contributed by atoms with Gasteiger partial charge in [0.25, 0.3) is 0 Å². The summed E-state index contributed by atoms with van der Waals surface area (Å²) in [6, 6.07) is 17.0. The van der Waals surface area contributed by atoms with Crippen molar-refractivity contribution >= 4 is 23.9 Å². The molecule has 0 radical (unpaired) electrons. The summed E-state index contributed by atoms with van der Waals surface area (Å²) in [6.45, 7) is 8.87. The summed E-state index contributed by atoms with van der Waals surface area (Å²) in [5.74, 6) is -2.78. The van der Waals surface area contributed by atoms with Gasteiger partial charge in [0.05, 0.1) is 38.3 Å². The van der Waals surface area contributed by atoms with E-state index in [1.807, 2.05) is 0 Å². The van der Waals surface area contributed by atoms with E-state index in [2.05, 4.69) is 61.7 Å². The number of esters is 4. The van der Waals surface area contributed by atoms with Crippen molar-refractivity contribution in [2.24, 2.45) is 11.8 Å². The number of aryl methyl sites for hydroxylation is 2. The largest absolute Gasteiger partial charge is 0.466 e. The number of rotatable bonds is 18. The van der Waals surface area contributed by atoms with Gasteiger partial charge in [0, 0.05) is 24.7 Å². The number of carbonyl (C=O) groups excluding carboxylic acids is 4. The van der Waals surface area contributed by atoms with Crippen molar-refractivity contribution in [2.45, 2.75) is 192 Å². The first-order valence-corrected chi connectivity index (χ1v) is 25.5. The summed E-state index contributed by atoms with van der Waals surface area (Å²) >= 11 is 0.